The molecule has 0 bridgehead atoms. The molecule has 0 amide bonds. The van der Waals surface area contributed by atoms with Crippen LogP contribution in [-0.2, 0) is 0 Å². The lowest BCUT2D eigenvalue weighted by atomic mass is 10.0. The maximum atomic E-state index is 13.3. The second kappa shape index (κ2) is 5.73. The van der Waals surface area contributed by atoms with Crippen molar-refractivity contribution < 1.29 is 39.5 Å². The second-order valence-corrected chi connectivity index (χ2v) is 4.76. The fraction of sp³-hybridized carbons (Fsp3) is 0.818. The highest BCUT2D eigenvalue weighted by Gasteiger charge is 2.81. The molecule has 22 heavy (non-hydrogen) atoms. The van der Waals surface area contributed by atoms with Crippen molar-refractivity contribution in [2.75, 3.05) is 19.8 Å². The Morgan fingerprint density at radius 3 is 1.73 bits per heavy atom. The van der Waals surface area contributed by atoms with E-state index in [1.807, 2.05) is 0 Å². The number of rotatable bonds is 6. The van der Waals surface area contributed by atoms with Crippen molar-refractivity contribution in [2.24, 2.45) is 0 Å². The highest BCUT2D eigenvalue weighted by molar-refractivity contribution is 5.01. The summed E-state index contributed by atoms with van der Waals surface area (Å²) in [5.41, 5.74) is 0. The van der Waals surface area contributed by atoms with Gasteiger partial charge in [0, 0.05) is 31.9 Å². The molecule has 0 saturated carbocycles. The standard InChI is InChI=1S/C11H13F9N2/c1-2-21-5-6-22(7-21)4-3-8(12,13)9(14,15)10(16,17)11(18,19)20/h5-6H,2-4,7H2,1H3. The molecule has 0 radical (unpaired) electrons. The normalized spacial score (nSPS) is 17.5. The lowest BCUT2D eigenvalue weighted by molar-refractivity contribution is -0.396. The van der Waals surface area contributed by atoms with E-state index in [1.165, 1.54) is 12.4 Å². The third kappa shape index (κ3) is 3.22. The SMILES string of the molecule is CCN1C=CN(CCC(F)(F)C(F)(F)C(F)(F)C(F)(F)F)C1. The van der Waals surface area contributed by atoms with E-state index in [1.54, 1.807) is 11.8 Å². The first-order valence-electron chi connectivity index (χ1n) is 6.13. The third-order valence-corrected chi connectivity index (χ3v) is 3.18. The van der Waals surface area contributed by atoms with E-state index >= 15 is 0 Å². The highest BCUT2D eigenvalue weighted by atomic mass is 19.4. The predicted molar refractivity (Wildman–Crippen MR) is 58.6 cm³/mol. The van der Waals surface area contributed by atoms with Crippen LogP contribution in [0.3, 0.4) is 0 Å². The van der Waals surface area contributed by atoms with Crippen LogP contribution in [0, 0.1) is 0 Å². The zero-order valence-corrected chi connectivity index (χ0v) is 11.3. The van der Waals surface area contributed by atoms with Crippen molar-refractivity contribution in [2.45, 2.75) is 37.3 Å². The monoisotopic (exact) mass is 344 g/mol. The van der Waals surface area contributed by atoms with Gasteiger partial charge in [-0.15, -0.1) is 0 Å². The molecule has 11 heteroatoms. The summed E-state index contributed by atoms with van der Waals surface area (Å²) in [7, 11) is 0. The van der Waals surface area contributed by atoms with E-state index in [9.17, 15) is 39.5 Å². The molecule has 130 valence electrons. The van der Waals surface area contributed by atoms with Gasteiger partial charge in [0.15, 0.2) is 0 Å². The summed E-state index contributed by atoms with van der Waals surface area (Å²) in [4.78, 5) is 2.71. The Morgan fingerprint density at radius 1 is 0.818 bits per heavy atom. The summed E-state index contributed by atoms with van der Waals surface area (Å²) in [5.74, 6) is -18.9. The number of hydrogen-bond acceptors (Lipinski definition) is 2. The first-order valence-corrected chi connectivity index (χ1v) is 6.13. The van der Waals surface area contributed by atoms with Crippen LogP contribution in [0.15, 0.2) is 12.4 Å². The number of nitrogens with zero attached hydrogens (tertiary/aromatic N) is 2. The summed E-state index contributed by atoms with van der Waals surface area (Å²) < 4.78 is 114. The first-order chi connectivity index (χ1) is 9.76. The van der Waals surface area contributed by atoms with Crippen LogP contribution in [0.5, 0.6) is 0 Å². The van der Waals surface area contributed by atoms with E-state index in [0.29, 0.717) is 6.54 Å². The average molecular weight is 344 g/mol. The van der Waals surface area contributed by atoms with Gasteiger partial charge in [-0.05, 0) is 6.92 Å². The minimum atomic E-state index is -6.82. The summed E-state index contributed by atoms with van der Waals surface area (Å²) in [6.45, 7) is 1.49. The Kier molecular flexibility index (Phi) is 4.88. The smallest absolute Gasteiger partial charge is 0.359 e. The molecule has 0 N–H and O–H groups in total. The van der Waals surface area contributed by atoms with Crippen LogP contribution >= 0.6 is 0 Å². The minimum absolute atomic E-state index is 0.0633. The van der Waals surface area contributed by atoms with E-state index < -0.39 is 36.9 Å². The molecule has 0 atom stereocenters. The molecule has 1 rings (SSSR count). The van der Waals surface area contributed by atoms with Gasteiger partial charge in [0.2, 0.25) is 0 Å². The molecule has 0 aromatic carbocycles. The number of halogens is 9. The molecule has 0 aliphatic carbocycles. The molecular weight excluding hydrogens is 331 g/mol. The fourth-order valence-electron chi connectivity index (χ4n) is 1.72. The molecule has 0 aromatic heterocycles. The quantitative estimate of drug-likeness (QED) is 0.674. The Morgan fingerprint density at radius 2 is 1.32 bits per heavy atom. The van der Waals surface area contributed by atoms with Crippen molar-refractivity contribution in [1.82, 2.24) is 9.80 Å². The van der Waals surface area contributed by atoms with Gasteiger partial charge in [0.05, 0.1) is 6.67 Å². The highest BCUT2D eigenvalue weighted by Crippen LogP contribution is 2.54. The molecule has 0 fully saturated rings. The van der Waals surface area contributed by atoms with Gasteiger partial charge in [-0.1, -0.05) is 0 Å². The van der Waals surface area contributed by atoms with Crippen LogP contribution in [-0.4, -0.2) is 53.5 Å². The van der Waals surface area contributed by atoms with E-state index in [0.717, 1.165) is 4.90 Å². The van der Waals surface area contributed by atoms with Crippen LogP contribution in [0.2, 0.25) is 0 Å². The number of hydrogen-bond donors (Lipinski definition) is 0. The topological polar surface area (TPSA) is 6.48 Å². The van der Waals surface area contributed by atoms with E-state index in [-0.39, 0.29) is 6.67 Å². The molecule has 1 heterocycles. The van der Waals surface area contributed by atoms with Crippen molar-refractivity contribution in [3.63, 3.8) is 0 Å². The van der Waals surface area contributed by atoms with E-state index in [4.69, 9.17) is 0 Å². The minimum Gasteiger partial charge on any atom is -0.359 e. The molecular formula is C11H13F9N2. The maximum absolute atomic E-state index is 13.3. The second-order valence-electron chi connectivity index (χ2n) is 4.76. The van der Waals surface area contributed by atoms with Gasteiger partial charge in [-0.25, -0.2) is 0 Å². The lowest BCUT2D eigenvalue weighted by Crippen LogP contribution is -2.61. The number of alkyl halides is 9. The molecule has 0 saturated heterocycles. The summed E-state index contributed by atoms with van der Waals surface area (Å²) in [5, 5.41) is 0. The van der Waals surface area contributed by atoms with E-state index in [2.05, 4.69) is 0 Å². The Bertz CT molecular complexity index is 416. The van der Waals surface area contributed by atoms with Crippen molar-refractivity contribution in [3.05, 3.63) is 12.4 Å². The van der Waals surface area contributed by atoms with Gasteiger partial charge in [-0.3, -0.25) is 0 Å². The van der Waals surface area contributed by atoms with Crippen LogP contribution < -0.4 is 0 Å². The summed E-state index contributed by atoms with van der Waals surface area (Å²) >= 11 is 0. The fourth-order valence-corrected chi connectivity index (χ4v) is 1.72. The van der Waals surface area contributed by atoms with Crippen molar-refractivity contribution in [1.29, 1.82) is 0 Å². The zero-order chi connectivity index (χ0) is 17.4. The van der Waals surface area contributed by atoms with Gasteiger partial charge < -0.3 is 9.80 Å². The van der Waals surface area contributed by atoms with Gasteiger partial charge in [0.25, 0.3) is 0 Å². The molecule has 0 unspecified atom stereocenters. The summed E-state index contributed by atoms with van der Waals surface area (Å²) in [6, 6.07) is 0. The average Bonchev–Trinajstić information content (AvgIpc) is 2.82. The Balaban J connectivity index is 2.78. The van der Waals surface area contributed by atoms with Gasteiger partial charge in [-0.2, -0.15) is 39.5 Å². The molecule has 2 nitrogen and oxygen atoms in total. The molecule has 0 spiro atoms. The Hall–Kier alpha value is -1.29. The summed E-state index contributed by atoms with van der Waals surface area (Å²) in [6.07, 6.45) is -5.89. The molecule has 1 aliphatic rings. The first kappa shape index (κ1) is 18.8. The Labute approximate surface area is 120 Å². The van der Waals surface area contributed by atoms with Crippen molar-refractivity contribution in [3.8, 4) is 0 Å². The van der Waals surface area contributed by atoms with Gasteiger partial charge >= 0.3 is 23.9 Å². The third-order valence-electron chi connectivity index (χ3n) is 3.18. The molecule has 1 aliphatic heterocycles. The van der Waals surface area contributed by atoms with Crippen LogP contribution in [0.4, 0.5) is 39.5 Å². The van der Waals surface area contributed by atoms with Gasteiger partial charge in [0.1, 0.15) is 0 Å². The lowest BCUT2D eigenvalue weighted by Gasteiger charge is -2.34. The van der Waals surface area contributed by atoms with Crippen molar-refractivity contribution >= 4 is 0 Å². The van der Waals surface area contributed by atoms with Crippen LogP contribution in [0.25, 0.3) is 0 Å². The van der Waals surface area contributed by atoms with Crippen LogP contribution in [0.1, 0.15) is 13.3 Å². The maximum Gasteiger partial charge on any atom is 0.460 e. The predicted octanol–water partition coefficient (Wildman–Crippen LogP) is 3.91. The zero-order valence-electron chi connectivity index (χ0n) is 11.3. The molecule has 0 aromatic rings. The largest absolute Gasteiger partial charge is 0.460 e.